The number of aromatic nitrogens is 3. The summed E-state index contributed by atoms with van der Waals surface area (Å²) in [5.74, 6) is 1.16. The van der Waals surface area contributed by atoms with Crippen LogP contribution in [0.5, 0.6) is 5.75 Å². The van der Waals surface area contributed by atoms with Gasteiger partial charge < -0.3 is 15.6 Å². The van der Waals surface area contributed by atoms with Gasteiger partial charge in [-0.25, -0.2) is 9.97 Å². The lowest BCUT2D eigenvalue weighted by molar-refractivity contribution is 0.233. The van der Waals surface area contributed by atoms with Crippen LogP contribution in [0.4, 0.5) is 5.82 Å². The lowest BCUT2D eigenvalue weighted by atomic mass is 10.1. The number of hydrogen-bond donors (Lipinski definition) is 2. The molecule has 4 rings (SSSR count). The molecule has 27 heavy (non-hydrogen) atoms. The fraction of sp³-hybridized carbons (Fsp3) is 0.143. The molecule has 0 aliphatic heterocycles. The van der Waals surface area contributed by atoms with Gasteiger partial charge in [-0.1, -0.05) is 42.5 Å². The molecule has 0 spiro atoms. The Morgan fingerprint density at radius 2 is 1.78 bits per heavy atom. The Labute approximate surface area is 156 Å². The standard InChI is InChI=1S/C21H20N4O2/c22-20-19-16(15-7-2-1-3-8-15)13-25(21(19)24-14-23-20)17-9-4-5-10-18(17)27-12-6-11-26/h1-5,7-10,13-14,26H,6,11-12H2,(H2,22,23,24). The molecule has 0 atom stereocenters. The van der Waals surface area contributed by atoms with Crippen LogP contribution in [0.25, 0.3) is 27.8 Å². The van der Waals surface area contributed by atoms with Crippen LogP contribution in [0.3, 0.4) is 0 Å². The zero-order valence-electron chi connectivity index (χ0n) is 14.7. The minimum atomic E-state index is 0.0938. The molecule has 0 saturated heterocycles. The van der Waals surface area contributed by atoms with Crippen molar-refractivity contribution in [1.82, 2.24) is 14.5 Å². The third-order valence-corrected chi connectivity index (χ3v) is 4.38. The van der Waals surface area contributed by atoms with Gasteiger partial charge in [0.25, 0.3) is 0 Å². The van der Waals surface area contributed by atoms with E-state index in [-0.39, 0.29) is 6.61 Å². The molecule has 0 bridgehead atoms. The van der Waals surface area contributed by atoms with E-state index in [4.69, 9.17) is 15.6 Å². The summed E-state index contributed by atoms with van der Waals surface area (Å²) in [5.41, 5.74) is 9.79. The molecule has 6 nitrogen and oxygen atoms in total. The Bertz CT molecular complexity index is 1060. The molecule has 2 heterocycles. The molecule has 0 aliphatic carbocycles. The highest BCUT2D eigenvalue weighted by atomic mass is 16.5. The van der Waals surface area contributed by atoms with Gasteiger partial charge >= 0.3 is 0 Å². The van der Waals surface area contributed by atoms with E-state index in [1.807, 2.05) is 65.4 Å². The molecule has 0 saturated carbocycles. The highest BCUT2D eigenvalue weighted by Crippen LogP contribution is 2.36. The number of ether oxygens (including phenoxy) is 1. The van der Waals surface area contributed by atoms with Gasteiger partial charge in [0.1, 0.15) is 17.9 Å². The summed E-state index contributed by atoms with van der Waals surface area (Å²) < 4.78 is 7.85. The van der Waals surface area contributed by atoms with Gasteiger partial charge in [-0.3, -0.25) is 4.57 Å². The Balaban J connectivity index is 1.91. The van der Waals surface area contributed by atoms with Crippen molar-refractivity contribution < 1.29 is 9.84 Å². The Morgan fingerprint density at radius 3 is 2.59 bits per heavy atom. The topological polar surface area (TPSA) is 86.2 Å². The first-order chi connectivity index (χ1) is 13.3. The largest absolute Gasteiger partial charge is 0.491 e. The van der Waals surface area contributed by atoms with Crippen molar-refractivity contribution in [2.45, 2.75) is 6.42 Å². The molecule has 3 N–H and O–H groups in total. The minimum absolute atomic E-state index is 0.0938. The van der Waals surface area contributed by atoms with E-state index in [1.54, 1.807) is 0 Å². The number of benzene rings is 2. The number of rotatable bonds is 6. The summed E-state index contributed by atoms with van der Waals surface area (Å²) >= 11 is 0. The van der Waals surface area contributed by atoms with Crippen LogP contribution < -0.4 is 10.5 Å². The number of hydrogen-bond acceptors (Lipinski definition) is 5. The van der Waals surface area contributed by atoms with Gasteiger partial charge in [0.15, 0.2) is 5.65 Å². The number of nitrogens with zero attached hydrogens (tertiary/aromatic N) is 3. The van der Waals surface area contributed by atoms with Crippen molar-refractivity contribution in [1.29, 1.82) is 0 Å². The number of anilines is 1. The van der Waals surface area contributed by atoms with Gasteiger partial charge in [-0.15, -0.1) is 0 Å². The fourth-order valence-corrected chi connectivity index (χ4v) is 3.13. The Kier molecular flexibility index (Phi) is 4.72. The molecule has 6 heteroatoms. The van der Waals surface area contributed by atoms with Crippen LogP contribution in [-0.4, -0.2) is 32.9 Å². The molecular formula is C21H20N4O2. The van der Waals surface area contributed by atoms with E-state index in [1.165, 1.54) is 6.33 Å². The normalized spacial score (nSPS) is 11.0. The van der Waals surface area contributed by atoms with Crippen LogP contribution in [-0.2, 0) is 0 Å². The van der Waals surface area contributed by atoms with E-state index < -0.39 is 0 Å². The number of nitrogens with two attached hydrogens (primary N) is 1. The van der Waals surface area contributed by atoms with Gasteiger partial charge in [-0.05, 0) is 17.7 Å². The number of aliphatic hydroxyl groups excluding tert-OH is 1. The summed E-state index contributed by atoms with van der Waals surface area (Å²) in [6, 6.07) is 17.8. The fourth-order valence-electron chi connectivity index (χ4n) is 3.13. The second-order valence-electron chi connectivity index (χ2n) is 6.13. The lowest BCUT2D eigenvalue weighted by Gasteiger charge is -2.12. The SMILES string of the molecule is Nc1ncnc2c1c(-c1ccccc1)cn2-c1ccccc1OCCCO. The van der Waals surface area contributed by atoms with Crippen molar-refractivity contribution >= 4 is 16.9 Å². The van der Waals surface area contributed by atoms with E-state index in [0.29, 0.717) is 18.8 Å². The quantitative estimate of drug-likeness (QED) is 0.515. The van der Waals surface area contributed by atoms with E-state index >= 15 is 0 Å². The molecule has 0 unspecified atom stereocenters. The summed E-state index contributed by atoms with van der Waals surface area (Å²) in [5, 5.41) is 9.83. The van der Waals surface area contributed by atoms with Crippen molar-refractivity contribution in [2.24, 2.45) is 0 Å². The predicted octanol–water partition coefficient (Wildman–Crippen LogP) is 3.43. The molecule has 4 aromatic rings. The van der Waals surface area contributed by atoms with Crippen LogP contribution in [0, 0.1) is 0 Å². The van der Waals surface area contributed by atoms with Crippen molar-refractivity contribution in [3.05, 3.63) is 67.1 Å². The van der Waals surface area contributed by atoms with E-state index in [9.17, 15) is 0 Å². The maximum Gasteiger partial charge on any atom is 0.150 e. The highest BCUT2D eigenvalue weighted by Gasteiger charge is 2.17. The molecule has 2 aromatic carbocycles. The summed E-state index contributed by atoms with van der Waals surface area (Å²) in [7, 11) is 0. The molecule has 0 radical (unpaired) electrons. The second kappa shape index (κ2) is 7.47. The highest BCUT2D eigenvalue weighted by molar-refractivity contribution is 6.01. The molecule has 0 fully saturated rings. The zero-order valence-corrected chi connectivity index (χ0v) is 14.7. The number of para-hydroxylation sites is 2. The van der Waals surface area contributed by atoms with Crippen molar-refractivity contribution in [3.8, 4) is 22.6 Å². The molecule has 0 amide bonds. The maximum absolute atomic E-state index is 9.02. The maximum atomic E-state index is 9.02. The Morgan fingerprint density at radius 1 is 1.00 bits per heavy atom. The molecule has 136 valence electrons. The molecular weight excluding hydrogens is 340 g/mol. The first-order valence-corrected chi connectivity index (χ1v) is 8.79. The molecule has 0 aliphatic rings. The van der Waals surface area contributed by atoms with Gasteiger partial charge in [0, 0.05) is 24.8 Å². The first kappa shape index (κ1) is 17.1. The van der Waals surface area contributed by atoms with Gasteiger partial charge in [0.05, 0.1) is 17.7 Å². The van der Waals surface area contributed by atoms with E-state index in [0.717, 1.165) is 33.6 Å². The van der Waals surface area contributed by atoms with Crippen LogP contribution in [0.15, 0.2) is 67.1 Å². The lowest BCUT2D eigenvalue weighted by Crippen LogP contribution is -2.04. The van der Waals surface area contributed by atoms with Crippen molar-refractivity contribution in [2.75, 3.05) is 18.9 Å². The number of nitrogen functional groups attached to an aromatic ring is 1. The van der Waals surface area contributed by atoms with Crippen molar-refractivity contribution in [3.63, 3.8) is 0 Å². The van der Waals surface area contributed by atoms with Crippen LogP contribution >= 0.6 is 0 Å². The van der Waals surface area contributed by atoms with Crippen LogP contribution in [0.2, 0.25) is 0 Å². The summed E-state index contributed by atoms with van der Waals surface area (Å²) in [6.07, 6.45) is 4.06. The minimum Gasteiger partial charge on any atom is -0.491 e. The monoisotopic (exact) mass is 360 g/mol. The third kappa shape index (κ3) is 3.22. The summed E-state index contributed by atoms with van der Waals surface area (Å²) in [4.78, 5) is 8.66. The number of aliphatic hydroxyl groups is 1. The van der Waals surface area contributed by atoms with E-state index in [2.05, 4.69) is 9.97 Å². The summed E-state index contributed by atoms with van der Waals surface area (Å²) in [6.45, 7) is 0.534. The van der Waals surface area contributed by atoms with Gasteiger partial charge in [0.2, 0.25) is 0 Å². The smallest absolute Gasteiger partial charge is 0.150 e. The Hall–Kier alpha value is -3.38. The first-order valence-electron chi connectivity index (χ1n) is 8.79. The predicted molar refractivity (Wildman–Crippen MR) is 106 cm³/mol. The molecule has 2 aromatic heterocycles. The van der Waals surface area contributed by atoms with Gasteiger partial charge in [-0.2, -0.15) is 0 Å². The number of fused-ring (bicyclic) bond motifs is 1. The zero-order chi connectivity index (χ0) is 18.6. The average molecular weight is 360 g/mol. The second-order valence-corrected chi connectivity index (χ2v) is 6.13. The average Bonchev–Trinajstić information content (AvgIpc) is 3.10. The van der Waals surface area contributed by atoms with Crippen LogP contribution in [0.1, 0.15) is 6.42 Å². The third-order valence-electron chi connectivity index (χ3n) is 4.38.